The summed E-state index contributed by atoms with van der Waals surface area (Å²) in [4.78, 5) is 27.9. The summed E-state index contributed by atoms with van der Waals surface area (Å²) in [5.74, 6) is -1.07. The highest BCUT2D eigenvalue weighted by Crippen LogP contribution is 2.26. The minimum absolute atomic E-state index is 0.0177. The van der Waals surface area contributed by atoms with Crippen LogP contribution in [0.1, 0.15) is 31.8 Å². The number of morpholine rings is 1. The van der Waals surface area contributed by atoms with E-state index in [1.165, 1.54) is 6.07 Å². The molecule has 0 radical (unpaired) electrons. The largest absolute Gasteiger partial charge is 0.378 e. The van der Waals surface area contributed by atoms with E-state index in [1.54, 1.807) is 30.3 Å². The number of hydrogen-bond donors (Lipinski definition) is 2. The zero-order valence-electron chi connectivity index (χ0n) is 22.0. The second kappa shape index (κ2) is 12.3. The van der Waals surface area contributed by atoms with Gasteiger partial charge in [-0.2, -0.15) is 0 Å². The summed E-state index contributed by atoms with van der Waals surface area (Å²) >= 11 is 5.82. The molecule has 0 aliphatic carbocycles. The first-order valence-electron chi connectivity index (χ1n) is 13.1. The molecule has 5 rings (SSSR count). The number of carbonyl (C=O) groups excluding carboxylic acids is 2. The number of nitrogens with zero attached hydrogens (tertiary/aromatic N) is 1. The summed E-state index contributed by atoms with van der Waals surface area (Å²) in [5.41, 5.74) is 5.88. The number of aryl methyl sites for hydroxylation is 1. The van der Waals surface area contributed by atoms with Crippen molar-refractivity contribution in [3.63, 3.8) is 0 Å². The molecule has 0 unspecified atom stereocenters. The highest BCUT2D eigenvalue weighted by atomic mass is 35.5. The van der Waals surface area contributed by atoms with Gasteiger partial charge in [-0.3, -0.25) is 9.59 Å². The topological polar surface area (TPSA) is 70.7 Å². The van der Waals surface area contributed by atoms with Gasteiger partial charge in [0.2, 0.25) is 0 Å². The first-order chi connectivity index (χ1) is 19.4. The summed E-state index contributed by atoms with van der Waals surface area (Å²) in [7, 11) is 0. The summed E-state index contributed by atoms with van der Waals surface area (Å²) in [6.45, 7) is 5.14. The maximum absolute atomic E-state index is 14.1. The number of halogens is 2. The average Bonchev–Trinajstić information content (AvgIpc) is 2.99. The van der Waals surface area contributed by atoms with Crippen LogP contribution in [0.3, 0.4) is 0 Å². The van der Waals surface area contributed by atoms with Crippen molar-refractivity contribution in [3.05, 3.63) is 118 Å². The van der Waals surface area contributed by atoms with Crippen LogP contribution in [-0.2, 0) is 11.3 Å². The van der Waals surface area contributed by atoms with Crippen LogP contribution in [0.15, 0.2) is 84.9 Å². The van der Waals surface area contributed by atoms with Crippen molar-refractivity contribution in [2.24, 2.45) is 0 Å². The van der Waals surface area contributed by atoms with Gasteiger partial charge in [-0.1, -0.05) is 41.9 Å². The number of amides is 2. The van der Waals surface area contributed by atoms with Crippen molar-refractivity contribution in [3.8, 4) is 11.1 Å². The van der Waals surface area contributed by atoms with E-state index in [0.717, 1.165) is 54.4 Å². The first kappa shape index (κ1) is 27.4. The fourth-order valence-corrected chi connectivity index (χ4v) is 4.81. The Bertz CT molecular complexity index is 1520. The van der Waals surface area contributed by atoms with Gasteiger partial charge in [0, 0.05) is 47.7 Å². The SMILES string of the molecule is Cc1ccc(C(=O)Nc2ccc(N3CCOCC3)cc2)cc1-c1ccc(C(=O)NCc2cccc(Cl)c2F)cc1. The third-order valence-electron chi connectivity index (χ3n) is 6.93. The van der Waals surface area contributed by atoms with Crippen LogP contribution >= 0.6 is 11.6 Å². The Morgan fingerprint density at radius 2 is 1.60 bits per heavy atom. The highest BCUT2D eigenvalue weighted by molar-refractivity contribution is 6.30. The Balaban J connectivity index is 1.24. The second-order valence-corrected chi connectivity index (χ2v) is 10.0. The monoisotopic (exact) mass is 557 g/mol. The van der Waals surface area contributed by atoms with Crippen LogP contribution in [0.4, 0.5) is 15.8 Å². The Labute approximate surface area is 237 Å². The molecule has 0 bridgehead atoms. The second-order valence-electron chi connectivity index (χ2n) is 9.60. The highest BCUT2D eigenvalue weighted by Gasteiger charge is 2.14. The molecule has 204 valence electrons. The molecule has 1 aliphatic heterocycles. The van der Waals surface area contributed by atoms with E-state index in [9.17, 15) is 14.0 Å². The fraction of sp³-hybridized carbons (Fsp3) is 0.188. The van der Waals surface area contributed by atoms with E-state index in [4.69, 9.17) is 16.3 Å². The van der Waals surface area contributed by atoms with Crippen LogP contribution in [0.25, 0.3) is 11.1 Å². The summed E-state index contributed by atoms with van der Waals surface area (Å²) in [6, 6.07) is 25.2. The fourth-order valence-electron chi connectivity index (χ4n) is 4.62. The Kier molecular flexibility index (Phi) is 8.43. The molecule has 1 saturated heterocycles. The Morgan fingerprint density at radius 3 is 2.33 bits per heavy atom. The quantitative estimate of drug-likeness (QED) is 0.273. The molecular weight excluding hydrogens is 529 g/mol. The van der Waals surface area contributed by atoms with Crippen molar-refractivity contribution in [2.45, 2.75) is 13.5 Å². The van der Waals surface area contributed by atoms with Crippen LogP contribution in [0.5, 0.6) is 0 Å². The molecule has 4 aromatic carbocycles. The lowest BCUT2D eigenvalue weighted by atomic mass is 9.97. The van der Waals surface area contributed by atoms with Gasteiger partial charge in [0.15, 0.2) is 0 Å². The lowest BCUT2D eigenvalue weighted by Gasteiger charge is -2.28. The van der Waals surface area contributed by atoms with Crippen molar-refractivity contribution < 1.29 is 18.7 Å². The lowest BCUT2D eigenvalue weighted by molar-refractivity contribution is 0.0949. The molecule has 1 heterocycles. The zero-order valence-corrected chi connectivity index (χ0v) is 22.8. The number of benzene rings is 4. The Hall–Kier alpha value is -4.20. The number of rotatable bonds is 7. The van der Waals surface area contributed by atoms with Gasteiger partial charge in [-0.15, -0.1) is 0 Å². The minimum Gasteiger partial charge on any atom is -0.378 e. The van der Waals surface area contributed by atoms with E-state index in [0.29, 0.717) is 16.7 Å². The van der Waals surface area contributed by atoms with E-state index in [2.05, 4.69) is 15.5 Å². The molecule has 40 heavy (non-hydrogen) atoms. The van der Waals surface area contributed by atoms with E-state index in [1.807, 2.05) is 55.5 Å². The van der Waals surface area contributed by atoms with E-state index < -0.39 is 5.82 Å². The van der Waals surface area contributed by atoms with Gasteiger partial charge in [0.05, 0.1) is 18.2 Å². The molecule has 6 nitrogen and oxygen atoms in total. The summed E-state index contributed by atoms with van der Waals surface area (Å²) < 4.78 is 19.5. The summed E-state index contributed by atoms with van der Waals surface area (Å²) in [6.07, 6.45) is 0. The molecule has 0 spiro atoms. The van der Waals surface area contributed by atoms with Crippen LogP contribution in [0.2, 0.25) is 5.02 Å². The van der Waals surface area contributed by atoms with Gasteiger partial charge in [0.25, 0.3) is 11.8 Å². The molecule has 2 amide bonds. The summed E-state index contributed by atoms with van der Waals surface area (Å²) in [5, 5.41) is 5.72. The maximum atomic E-state index is 14.1. The van der Waals surface area contributed by atoms with Gasteiger partial charge >= 0.3 is 0 Å². The van der Waals surface area contributed by atoms with Gasteiger partial charge in [0.1, 0.15) is 5.82 Å². The standard InChI is InChI=1S/C32H29ClFN3O3/c1-21-5-6-24(32(39)36-26-11-13-27(14-12-26)37-15-17-40-18-16-37)19-28(21)22-7-9-23(10-8-22)31(38)35-20-25-3-2-4-29(33)30(25)34/h2-14,19H,15-18,20H2,1H3,(H,35,38)(H,36,39). The molecule has 2 N–H and O–H groups in total. The predicted octanol–water partition coefficient (Wildman–Crippen LogP) is 6.47. The van der Waals surface area contributed by atoms with Crippen LogP contribution < -0.4 is 15.5 Å². The van der Waals surface area contributed by atoms with Gasteiger partial charge in [-0.05, 0) is 78.2 Å². The average molecular weight is 558 g/mol. The normalized spacial score (nSPS) is 13.1. The third kappa shape index (κ3) is 6.33. The molecule has 0 atom stereocenters. The van der Waals surface area contributed by atoms with Crippen LogP contribution in [-0.4, -0.2) is 38.1 Å². The number of ether oxygens (including phenoxy) is 1. The molecular formula is C32H29ClFN3O3. The molecule has 0 saturated carbocycles. The number of carbonyl (C=O) groups is 2. The number of nitrogens with one attached hydrogen (secondary N) is 2. The van der Waals surface area contributed by atoms with Crippen molar-refractivity contribution in [1.29, 1.82) is 0 Å². The molecule has 0 aromatic heterocycles. The van der Waals surface area contributed by atoms with Crippen LogP contribution in [0, 0.1) is 12.7 Å². The molecule has 4 aromatic rings. The zero-order chi connectivity index (χ0) is 28.1. The lowest BCUT2D eigenvalue weighted by Crippen LogP contribution is -2.36. The Morgan fingerprint density at radius 1 is 0.900 bits per heavy atom. The van der Waals surface area contributed by atoms with E-state index >= 15 is 0 Å². The van der Waals surface area contributed by atoms with Gasteiger partial charge < -0.3 is 20.3 Å². The van der Waals surface area contributed by atoms with Gasteiger partial charge in [-0.25, -0.2) is 4.39 Å². The molecule has 1 fully saturated rings. The number of hydrogen-bond acceptors (Lipinski definition) is 4. The minimum atomic E-state index is -0.538. The number of anilines is 2. The predicted molar refractivity (Wildman–Crippen MR) is 157 cm³/mol. The first-order valence-corrected chi connectivity index (χ1v) is 13.4. The third-order valence-corrected chi connectivity index (χ3v) is 7.22. The van der Waals surface area contributed by atoms with Crippen molar-refractivity contribution in [1.82, 2.24) is 5.32 Å². The maximum Gasteiger partial charge on any atom is 0.255 e. The molecule has 1 aliphatic rings. The van der Waals surface area contributed by atoms with Crippen molar-refractivity contribution >= 4 is 34.8 Å². The van der Waals surface area contributed by atoms with E-state index in [-0.39, 0.29) is 23.4 Å². The smallest absolute Gasteiger partial charge is 0.255 e. The van der Waals surface area contributed by atoms with Crippen molar-refractivity contribution in [2.75, 3.05) is 36.5 Å². The molecule has 8 heteroatoms.